The van der Waals surface area contributed by atoms with Gasteiger partial charge in [-0.05, 0) is 35.1 Å². The summed E-state index contributed by atoms with van der Waals surface area (Å²) in [6, 6.07) is 15.1. The molecule has 0 aromatic heterocycles. The van der Waals surface area contributed by atoms with Gasteiger partial charge in [-0.1, -0.05) is 48.5 Å². The van der Waals surface area contributed by atoms with Gasteiger partial charge in [-0.25, -0.2) is 0 Å². The molecular weight excluding hydrogens is 250 g/mol. The summed E-state index contributed by atoms with van der Waals surface area (Å²) >= 11 is 0. The molecule has 0 heterocycles. The van der Waals surface area contributed by atoms with Gasteiger partial charge >= 0.3 is 5.97 Å². The van der Waals surface area contributed by atoms with Gasteiger partial charge in [0, 0.05) is 5.92 Å². The van der Waals surface area contributed by atoms with E-state index in [0.29, 0.717) is 0 Å². The molecule has 3 rings (SSSR count). The summed E-state index contributed by atoms with van der Waals surface area (Å²) in [5.74, 6) is -1.23. The number of hydrogen-bond acceptors (Lipinski definition) is 2. The summed E-state index contributed by atoms with van der Waals surface area (Å²) in [5, 5.41) is 9.35. The molecule has 1 aliphatic rings. The molecule has 0 fully saturated rings. The lowest BCUT2D eigenvalue weighted by Crippen LogP contribution is -2.37. The van der Waals surface area contributed by atoms with Crippen LogP contribution in [0.3, 0.4) is 0 Å². The summed E-state index contributed by atoms with van der Waals surface area (Å²) in [5.41, 5.74) is 10.5. The van der Waals surface area contributed by atoms with Crippen LogP contribution in [-0.4, -0.2) is 17.1 Å². The number of aliphatic carboxylic acids is 1. The quantitative estimate of drug-likeness (QED) is 0.877. The predicted molar refractivity (Wildman–Crippen MR) is 77.7 cm³/mol. The fourth-order valence-electron chi connectivity index (χ4n) is 3.10. The summed E-state index contributed by atoms with van der Waals surface area (Å²) in [6.07, 6.45) is 1.85. The minimum atomic E-state index is -0.957. The van der Waals surface area contributed by atoms with E-state index >= 15 is 0 Å². The minimum absolute atomic E-state index is 0.276. The molecule has 1 atom stereocenters. The van der Waals surface area contributed by atoms with Gasteiger partial charge < -0.3 is 10.8 Å². The van der Waals surface area contributed by atoms with E-state index in [1.807, 2.05) is 36.4 Å². The normalized spacial score (nSPS) is 15.8. The summed E-state index contributed by atoms with van der Waals surface area (Å²) in [6.45, 7) is 0. The van der Waals surface area contributed by atoms with E-state index in [1.54, 1.807) is 0 Å². The molecule has 1 unspecified atom stereocenters. The van der Waals surface area contributed by atoms with E-state index in [1.165, 1.54) is 11.1 Å². The number of carboxylic acids is 1. The minimum Gasteiger partial charge on any atom is -0.480 e. The molecule has 1 aliphatic carbocycles. The third-order valence-electron chi connectivity index (χ3n) is 4.09. The Kier molecular flexibility index (Phi) is 3.28. The zero-order valence-corrected chi connectivity index (χ0v) is 11.1. The first kappa shape index (κ1) is 12.9. The van der Waals surface area contributed by atoms with Crippen molar-refractivity contribution in [2.24, 2.45) is 5.73 Å². The van der Waals surface area contributed by atoms with Crippen molar-refractivity contribution in [1.29, 1.82) is 0 Å². The lowest BCUT2D eigenvalue weighted by Gasteiger charge is -2.23. The molecule has 0 spiro atoms. The number of fused-ring (bicyclic) bond motifs is 2. The predicted octanol–water partition coefficient (Wildman–Crippen LogP) is 2.33. The lowest BCUT2D eigenvalue weighted by molar-refractivity contribution is -0.138. The first-order chi connectivity index (χ1) is 9.68. The maximum atomic E-state index is 11.4. The third kappa shape index (κ3) is 2.10. The van der Waals surface area contributed by atoms with Gasteiger partial charge in [-0.15, -0.1) is 0 Å². The molecule has 102 valence electrons. The molecule has 3 nitrogen and oxygen atoms in total. The third-order valence-corrected chi connectivity index (χ3v) is 4.09. The molecular formula is C17H17NO2. The number of carboxylic acid groups (broad SMARTS) is 1. The Labute approximate surface area is 118 Å². The van der Waals surface area contributed by atoms with Gasteiger partial charge in [0.2, 0.25) is 0 Å². The second-order valence-corrected chi connectivity index (χ2v) is 5.24. The zero-order chi connectivity index (χ0) is 14.1. The van der Waals surface area contributed by atoms with E-state index in [-0.39, 0.29) is 5.92 Å². The van der Waals surface area contributed by atoms with E-state index in [4.69, 9.17) is 5.73 Å². The van der Waals surface area contributed by atoms with Gasteiger partial charge in [0.15, 0.2) is 0 Å². The summed E-state index contributed by atoms with van der Waals surface area (Å²) in [4.78, 5) is 11.4. The van der Waals surface area contributed by atoms with Crippen molar-refractivity contribution in [2.75, 3.05) is 0 Å². The van der Waals surface area contributed by atoms with Crippen LogP contribution in [-0.2, 0) is 17.6 Å². The van der Waals surface area contributed by atoms with E-state index in [0.717, 1.165) is 24.0 Å². The van der Waals surface area contributed by atoms with Crippen LogP contribution in [0.5, 0.6) is 0 Å². The molecule has 0 radical (unpaired) electrons. The first-order valence-corrected chi connectivity index (χ1v) is 6.82. The van der Waals surface area contributed by atoms with Crippen molar-refractivity contribution in [3.8, 4) is 0 Å². The fourth-order valence-corrected chi connectivity index (χ4v) is 3.10. The van der Waals surface area contributed by atoms with E-state index < -0.39 is 12.0 Å². The van der Waals surface area contributed by atoms with Crippen LogP contribution in [0, 0.1) is 0 Å². The molecule has 0 amide bonds. The van der Waals surface area contributed by atoms with Crippen molar-refractivity contribution in [1.82, 2.24) is 0 Å². The number of hydrogen-bond donors (Lipinski definition) is 2. The van der Waals surface area contributed by atoms with E-state index in [9.17, 15) is 9.90 Å². The average molecular weight is 267 g/mol. The molecule has 0 bridgehead atoms. The first-order valence-electron chi connectivity index (χ1n) is 6.82. The number of nitrogens with two attached hydrogens (primary N) is 1. The highest BCUT2D eigenvalue weighted by Crippen LogP contribution is 2.35. The van der Waals surface area contributed by atoms with Gasteiger partial charge in [0.25, 0.3) is 0 Å². The Hall–Kier alpha value is -2.13. The topological polar surface area (TPSA) is 63.3 Å². The van der Waals surface area contributed by atoms with Gasteiger partial charge in [-0.3, -0.25) is 4.79 Å². The standard InChI is InChI=1S/C17H17NO2/c18-16(17(19)20)15-13-7-3-1-5-11(13)9-10-12-6-2-4-8-14(12)15/h1-8,15-16H,9-10,18H2,(H,19,20). The van der Waals surface area contributed by atoms with Gasteiger partial charge in [-0.2, -0.15) is 0 Å². The van der Waals surface area contributed by atoms with Crippen molar-refractivity contribution in [3.63, 3.8) is 0 Å². The Morgan fingerprint density at radius 3 is 1.90 bits per heavy atom. The molecule has 0 saturated heterocycles. The maximum absolute atomic E-state index is 11.4. The molecule has 2 aromatic rings. The van der Waals surface area contributed by atoms with E-state index in [2.05, 4.69) is 12.1 Å². The summed E-state index contributed by atoms with van der Waals surface area (Å²) < 4.78 is 0. The van der Waals surface area contributed by atoms with Gasteiger partial charge in [0.1, 0.15) is 6.04 Å². The highest BCUT2D eigenvalue weighted by molar-refractivity contribution is 5.76. The fraction of sp³-hybridized carbons (Fsp3) is 0.235. The average Bonchev–Trinajstić information content (AvgIpc) is 2.63. The van der Waals surface area contributed by atoms with Crippen molar-refractivity contribution < 1.29 is 9.90 Å². The molecule has 0 aliphatic heterocycles. The van der Waals surface area contributed by atoms with Crippen molar-refractivity contribution >= 4 is 5.97 Å². The van der Waals surface area contributed by atoms with Crippen LogP contribution in [0.1, 0.15) is 28.2 Å². The Bertz CT molecular complexity index is 603. The van der Waals surface area contributed by atoms with Crippen molar-refractivity contribution in [2.45, 2.75) is 24.8 Å². The molecule has 20 heavy (non-hydrogen) atoms. The van der Waals surface area contributed by atoms with Crippen molar-refractivity contribution in [3.05, 3.63) is 70.8 Å². The van der Waals surface area contributed by atoms with Crippen LogP contribution in [0.2, 0.25) is 0 Å². The Morgan fingerprint density at radius 1 is 1.00 bits per heavy atom. The monoisotopic (exact) mass is 267 g/mol. The van der Waals surface area contributed by atoms with Crippen LogP contribution < -0.4 is 5.73 Å². The summed E-state index contributed by atoms with van der Waals surface area (Å²) in [7, 11) is 0. The number of carbonyl (C=O) groups is 1. The van der Waals surface area contributed by atoms with Gasteiger partial charge in [0.05, 0.1) is 0 Å². The molecule has 0 saturated carbocycles. The van der Waals surface area contributed by atoms with Crippen LogP contribution in [0.4, 0.5) is 0 Å². The smallest absolute Gasteiger partial charge is 0.321 e. The molecule has 2 aromatic carbocycles. The largest absolute Gasteiger partial charge is 0.480 e. The Morgan fingerprint density at radius 2 is 1.45 bits per heavy atom. The second kappa shape index (κ2) is 5.10. The van der Waals surface area contributed by atoms with Crippen LogP contribution >= 0.6 is 0 Å². The number of benzene rings is 2. The molecule has 3 N–H and O–H groups in total. The van der Waals surface area contributed by atoms with Crippen LogP contribution in [0.15, 0.2) is 48.5 Å². The SMILES string of the molecule is NC(C(=O)O)C1c2ccccc2CCc2ccccc21. The maximum Gasteiger partial charge on any atom is 0.321 e. The number of rotatable bonds is 2. The highest BCUT2D eigenvalue weighted by Gasteiger charge is 2.31. The Balaban J connectivity index is 2.21. The highest BCUT2D eigenvalue weighted by atomic mass is 16.4. The number of aryl methyl sites for hydroxylation is 2. The molecule has 3 heteroatoms. The lowest BCUT2D eigenvalue weighted by atomic mass is 9.83. The van der Waals surface area contributed by atoms with Crippen LogP contribution in [0.25, 0.3) is 0 Å². The second-order valence-electron chi connectivity index (χ2n) is 5.24. The zero-order valence-electron chi connectivity index (χ0n) is 11.1.